The molecule has 8 nitrogen and oxygen atoms in total. The summed E-state index contributed by atoms with van der Waals surface area (Å²) in [5.41, 5.74) is 10.1. The fourth-order valence-corrected chi connectivity index (χ4v) is 4.95. The highest BCUT2D eigenvalue weighted by Crippen LogP contribution is 2.34. The number of nitrogens with zero attached hydrogens (tertiary/aromatic N) is 6. The van der Waals surface area contributed by atoms with E-state index in [0.29, 0.717) is 0 Å². The van der Waals surface area contributed by atoms with E-state index >= 15 is 0 Å². The van der Waals surface area contributed by atoms with Gasteiger partial charge in [-0.2, -0.15) is 10.2 Å². The van der Waals surface area contributed by atoms with Gasteiger partial charge in [0.1, 0.15) is 11.2 Å². The lowest BCUT2D eigenvalue weighted by molar-refractivity contribution is 0.310. The van der Waals surface area contributed by atoms with Crippen molar-refractivity contribution in [3.63, 3.8) is 0 Å². The minimum absolute atomic E-state index is 0.724. The molecule has 0 amide bonds. The third kappa shape index (κ3) is 2.89. The second kappa shape index (κ2) is 7.10. The molecule has 0 unspecified atom stereocenters. The summed E-state index contributed by atoms with van der Waals surface area (Å²) in [6.07, 6.45) is 3.78. The average molecular weight is 447 g/mol. The minimum Gasteiger partial charge on any atom is -0.336 e. The summed E-state index contributed by atoms with van der Waals surface area (Å²) in [6.45, 7) is 1.59. The highest BCUT2D eigenvalue weighted by atomic mass is 15.3. The van der Waals surface area contributed by atoms with Crippen LogP contribution in [0.15, 0.2) is 60.9 Å². The van der Waals surface area contributed by atoms with Crippen molar-refractivity contribution >= 4 is 21.9 Å². The number of imidazole rings is 1. The maximum atomic E-state index is 4.96. The molecule has 0 saturated heterocycles. The summed E-state index contributed by atoms with van der Waals surface area (Å²) in [5.74, 6) is 0.724. The minimum atomic E-state index is 0.724. The quantitative estimate of drug-likeness (QED) is 0.358. The van der Waals surface area contributed by atoms with Gasteiger partial charge in [-0.25, -0.2) is 4.98 Å². The Hall–Kier alpha value is -4.30. The maximum absolute atomic E-state index is 4.96. The summed E-state index contributed by atoms with van der Waals surface area (Å²) in [6, 6.07) is 16.9. The third-order valence-corrected chi connectivity index (χ3v) is 6.63. The lowest BCUT2D eigenvalue weighted by atomic mass is 10.0. The number of aromatic amines is 2. The molecule has 1 aliphatic rings. The van der Waals surface area contributed by atoms with Crippen LogP contribution in [0.25, 0.3) is 55.8 Å². The highest BCUT2D eigenvalue weighted by Gasteiger charge is 2.19. The summed E-state index contributed by atoms with van der Waals surface area (Å²) in [5, 5.41) is 13.4. The zero-order valence-corrected chi connectivity index (χ0v) is 18.9. The van der Waals surface area contributed by atoms with Crippen LogP contribution >= 0.6 is 0 Å². The van der Waals surface area contributed by atoms with Crippen LogP contribution in [0.5, 0.6) is 0 Å². The largest absolute Gasteiger partial charge is 0.336 e. The summed E-state index contributed by atoms with van der Waals surface area (Å²) in [7, 11) is 4.15. The zero-order chi connectivity index (χ0) is 22.8. The number of hydrogen-bond donors (Lipinski definition) is 2. The lowest BCUT2D eigenvalue weighted by Gasteiger charge is -2.19. The zero-order valence-electron chi connectivity index (χ0n) is 18.9. The highest BCUT2D eigenvalue weighted by molar-refractivity contribution is 5.97. The molecule has 0 saturated carbocycles. The average Bonchev–Trinajstić information content (AvgIpc) is 3.55. The van der Waals surface area contributed by atoms with Crippen LogP contribution < -0.4 is 0 Å². The molecule has 7 rings (SSSR count). The van der Waals surface area contributed by atoms with Gasteiger partial charge < -0.3 is 4.98 Å². The Morgan fingerprint density at radius 2 is 1.85 bits per heavy atom. The molecule has 34 heavy (non-hydrogen) atoms. The molecule has 2 N–H and O–H groups in total. The number of pyridine rings is 1. The van der Waals surface area contributed by atoms with Crippen molar-refractivity contribution in [3.8, 4) is 33.9 Å². The van der Waals surface area contributed by atoms with Crippen molar-refractivity contribution in [2.45, 2.75) is 13.1 Å². The first-order chi connectivity index (χ1) is 16.6. The molecule has 0 fully saturated rings. The number of fused-ring (bicyclic) bond motifs is 8. The van der Waals surface area contributed by atoms with Crippen molar-refractivity contribution in [1.29, 1.82) is 0 Å². The maximum Gasteiger partial charge on any atom is 0.159 e. The monoisotopic (exact) mass is 446 g/mol. The number of aryl methyl sites for hydroxylation is 1. The lowest BCUT2D eigenvalue weighted by Crippen LogP contribution is -2.19. The van der Waals surface area contributed by atoms with E-state index in [1.54, 1.807) is 0 Å². The molecule has 0 radical (unpaired) electrons. The van der Waals surface area contributed by atoms with Gasteiger partial charge in [-0.3, -0.25) is 19.7 Å². The van der Waals surface area contributed by atoms with Crippen LogP contribution in [0.1, 0.15) is 11.3 Å². The molecule has 1 aliphatic heterocycles. The van der Waals surface area contributed by atoms with Gasteiger partial charge in [-0.15, -0.1) is 0 Å². The van der Waals surface area contributed by atoms with Crippen molar-refractivity contribution in [2.75, 3.05) is 7.05 Å². The fourth-order valence-electron chi connectivity index (χ4n) is 4.95. The second-order valence-electron chi connectivity index (χ2n) is 8.97. The van der Waals surface area contributed by atoms with E-state index in [2.05, 4.69) is 74.7 Å². The molecule has 2 aromatic carbocycles. The van der Waals surface area contributed by atoms with Gasteiger partial charge in [0.2, 0.25) is 0 Å². The Kier molecular flexibility index (Phi) is 4.01. The first-order valence-electron chi connectivity index (χ1n) is 11.3. The van der Waals surface area contributed by atoms with Gasteiger partial charge in [0, 0.05) is 42.8 Å². The Labute approximate surface area is 195 Å². The first kappa shape index (κ1) is 19.2. The molecule has 166 valence electrons. The SMILES string of the molecule is CN1Cc2cccc(c2)-c2nccc3[nH]c(nc23)-c2n[nH]c3ccc(cc23)-c2cnn(C)c2C1. The van der Waals surface area contributed by atoms with Crippen LogP contribution in [0.2, 0.25) is 0 Å². The normalized spacial score (nSPS) is 13.8. The first-order valence-corrected chi connectivity index (χ1v) is 11.3. The number of benzene rings is 2. The Bertz CT molecular complexity index is 1700. The predicted octanol–water partition coefficient (Wildman–Crippen LogP) is 4.51. The van der Waals surface area contributed by atoms with Crippen LogP contribution in [-0.4, -0.2) is 46.9 Å². The van der Waals surface area contributed by atoms with E-state index in [1.807, 2.05) is 30.2 Å². The molecule has 5 heterocycles. The Morgan fingerprint density at radius 3 is 2.79 bits per heavy atom. The number of hydrogen-bond acceptors (Lipinski definition) is 5. The Balaban J connectivity index is 1.53. The predicted molar refractivity (Wildman–Crippen MR) is 132 cm³/mol. The number of aromatic nitrogens is 7. The summed E-state index contributed by atoms with van der Waals surface area (Å²) >= 11 is 0. The van der Waals surface area contributed by atoms with Gasteiger partial charge in [0.15, 0.2) is 5.82 Å². The van der Waals surface area contributed by atoms with Crippen LogP contribution in [0, 0.1) is 0 Å². The van der Waals surface area contributed by atoms with E-state index in [-0.39, 0.29) is 0 Å². The molecule has 0 atom stereocenters. The molecule has 4 aromatic heterocycles. The third-order valence-electron chi connectivity index (χ3n) is 6.63. The fraction of sp³-hybridized carbons (Fsp3) is 0.154. The second-order valence-corrected chi connectivity index (χ2v) is 8.97. The van der Waals surface area contributed by atoms with Gasteiger partial charge in [0.05, 0.1) is 28.6 Å². The molecular formula is C26H22N8. The molecule has 0 aliphatic carbocycles. The van der Waals surface area contributed by atoms with Crippen LogP contribution in [0.4, 0.5) is 0 Å². The van der Waals surface area contributed by atoms with E-state index in [9.17, 15) is 0 Å². The molecule has 6 bridgehead atoms. The van der Waals surface area contributed by atoms with E-state index < -0.39 is 0 Å². The molecule has 8 heteroatoms. The summed E-state index contributed by atoms with van der Waals surface area (Å²) in [4.78, 5) is 15.4. The van der Waals surface area contributed by atoms with E-state index in [1.165, 1.54) is 11.3 Å². The number of nitrogens with one attached hydrogen (secondary N) is 2. The summed E-state index contributed by atoms with van der Waals surface area (Å²) < 4.78 is 1.97. The van der Waals surface area contributed by atoms with Gasteiger partial charge in [-0.1, -0.05) is 24.3 Å². The molecule has 6 aromatic rings. The number of rotatable bonds is 0. The van der Waals surface area contributed by atoms with Gasteiger partial charge in [-0.05, 0) is 42.4 Å². The van der Waals surface area contributed by atoms with E-state index in [0.717, 1.165) is 68.9 Å². The van der Waals surface area contributed by atoms with Crippen molar-refractivity contribution in [3.05, 3.63) is 72.2 Å². The standard InChI is InChI=1S/C26H22N8/c1-33-13-15-4-3-5-17(10-15)23-25-21(8-9-27-23)29-26(30-25)24-18-11-16(6-7-20(18)31-32-24)19-12-28-34(2)22(19)14-33/h3-12H,13-14H2,1-2H3,(H,29,30)(H,31,32). The van der Waals surface area contributed by atoms with Crippen molar-refractivity contribution < 1.29 is 0 Å². The van der Waals surface area contributed by atoms with Crippen LogP contribution in [-0.2, 0) is 20.1 Å². The molecular weight excluding hydrogens is 424 g/mol. The van der Waals surface area contributed by atoms with Crippen molar-refractivity contribution in [2.24, 2.45) is 7.05 Å². The topological polar surface area (TPSA) is 91.3 Å². The molecule has 0 spiro atoms. The number of H-pyrrole nitrogens is 2. The van der Waals surface area contributed by atoms with Gasteiger partial charge >= 0.3 is 0 Å². The van der Waals surface area contributed by atoms with Crippen LogP contribution in [0.3, 0.4) is 0 Å². The Morgan fingerprint density at radius 1 is 0.912 bits per heavy atom. The van der Waals surface area contributed by atoms with Crippen molar-refractivity contribution in [1.82, 2.24) is 39.8 Å². The van der Waals surface area contributed by atoms with E-state index in [4.69, 9.17) is 9.97 Å². The smallest absolute Gasteiger partial charge is 0.159 e. The van der Waals surface area contributed by atoms with Gasteiger partial charge in [0.25, 0.3) is 0 Å².